The van der Waals surface area contributed by atoms with Crippen LogP contribution in [0.2, 0.25) is 0 Å². The van der Waals surface area contributed by atoms with E-state index in [4.69, 9.17) is 0 Å². The first-order chi connectivity index (χ1) is 47.2. The maximum Gasteiger partial charge on any atom is 0.0544 e. The Balaban J connectivity index is 0.701. The third kappa shape index (κ3) is 8.60. The summed E-state index contributed by atoms with van der Waals surface area (Å²) < 4.78 is 0. The van der Waals surface area contributed by atoms with Crippen molar-refractivity contribution in [3.8, 4) is 66.8 Å². The fraction of sp³-hybridized carbons (Fsp3) is 0.179. The predicted molar refractivity (Wildman–Crippen MR) is 413 cm³/mol. The van der Waals surface area contributed by atoms with Crippen molar-refractivity contribution in [2.24, 2.45) is 0 Å². The zero-order chi connectivity index (χ0) is 67.1. The third-order valence-corrected chi connectivity index (χ3v) is 23.7. The van der Waals surface area contributed by atoms with Crippen LogP contribution in [0.1, 0.15) is 136 Å². The van der Waals surface area contributed by atoms with Gasteiger partial charge in [0.25, 0.3) is 0 Å². The van der Waals surface area contributed by atoms with Crippen LogP contribution in [0.3, 0.4) is 0 Å². The molecule has 0 bridgehead atoms. The van der Waals surface area contributed by atoms with Crippen LogP contribution >= 0.6 is 0 Å². The first kappa shape index (κ1) is 59.7. The van der Waals surface area contributed by atoms with E-state index in [1.54, 1.807) is 0 Å². The highest BCUT2D eigenvalue weighted by molar-refractivity contribution is 6.01. The maximum atomic E-state index is 2.70. The lowest BCUT2D eigenvalue weighted by molar-refractivity contribution is 0.567. The number of rotatable bonds is 10. The fourth-order valence-corrected chi connectivity index (χ4v) is 18.0. The Bertz CT molecular complexity index is 5150. The molecule has 0 N–H and O–H groups in total. The molecule has 3 aliphatic heterocycles. The number of hydrogen-bond donors (Lipinski definition) is 0. The summed E-state index contributed by atoms with van der Waals surface area (Å²) in [4.78, 5) is 7.55. The smallest absolute Gasteiger partial charge is 0.0544 e. The third-order valence-electron chi connectivity index (χ3n) is 23.7. The molecule has 2 aliphatic carbocycles. The van der Waals surface area contributed by atoms with Crippen molar-refractivity contribution in [1.82, 2.24) is 0 Å². The van der Waals surface area contributed by atoms with Crippen molar-refractivity contribution in [2.75, 3.05) is 14.7 Å². The van der Waals surface area contributed by atoms with Crippen LogP contribution in [0.5, 0.6) is 0 Å². The Morgan fingerprint density at radius 3 is 0.827 bits per heavy atom. The summed E-state index contributed by atoms with van der Waals surface area (Å²) in [6, 6.07) is 104. The SMILES string of the molecule is Cc1ccccc1N(c1ccc(-c2ccc3c(c2)C(C)(C)c2ccccc2-3)cc1)c1ccc(-c2cc3c4c(c2)C(C)(C)c2cc(-c5ccc(N(c6ccc(-c7ccc8c(c7)C(C)(C)c7ccccc7-8)cc6)c6ccccc6C)cc5)cc5c2N4c2c(cccc2C5(C)C)C3(C)C)cc1. The van der Waals surface area contributed by atoms with E-state index in [1.807, 2.05) is 0 Å². The van der Waals surface area contributed by atoms with E-state index in [-0.39, 0.29) is 27.1 Å². The molecular weight excluding hydrogens is 1180 g/mol. The molecule has 3 heteroatoms. The summed E-state index contributed by atoms with van der Waals surface area (Å²) in [6.07, 6.45) is 0. The number of anilines is 9. The zero-order valence-corrected chi connectivity index (χ0v) is 58.3. The van der Waals surface area contributed by atoms with E-state index in [2.05, 4.69) is 371 Å². The van der Waals surface area contributed by atoms with Gasteiger partial charge in [0.1, 0.15) is 0 Å². The van der Waals surface area contributed by atoms with Crippen LogP contribution in [-0.4, -0.2) is 0 Å². The van der Waals surface area contributed by atoms with Crippen molar-refractivity contribution >= 4 is 51.2 Å². The van der Waals surface area contributed by atoms with E-state index < -0.39 is 0 Å². The average Bonchev–Trinajstić information content (AvgIpc) is 0.877. The molecule has 98 heavy (non-hydrogen) atoms. The molecule has 0 amide bonds. The summed E-state index contributed by atoms with van der Waals surface area (Å²) in [5, 5.41) is 0. The molecule has 3 heterocycles. The van der Waals surface area contributed by atoms with Crippen LogP contribution < -0.4 is 14.7 Å². The zero-order valence-electron chi connectivity index (χ0n) is 58.3. The standard InChI is InChI=1S/C95H81N3/c1-58-22-13-19-30-86(58)96(68-42-32-60(33-43-68)64-40-50-74-72-24-15-17-26-76(72)91(3,4)80(74)52-64)70-46-36-62(37-47-70)66-54-82-89-84(56-66)95(11,12)85-57-67(55-83-90(85)98(89)88-78(93(82,7)8)28-21-29-79(88)94(83,9)10)63-38-48-71(49-39-63)97(87-31-20-14-23-59(87)2)69-44-34-61(35-45-69)65-41-51-75-73-25-16-18-27-77(73)92(5,6)81(75)53-65/h13-57H,1-12H3. The molecule has 13 aromatic carbocycles. The summed E-state index contributed by atoms with van der Waals surface area (Å²) in [5.41, 5.74) is 41.2. The van der Waals surface area contributed by atoms with Crippen molar-refractivity contribution in [1.29, 1.82) is 0 Å². The van der Waals surface area contributed by atoms with Crippen LogP contribution in [0.4, 0.5) is 51.2 Å². The van der Waals surface area contributed by atoms with E-state index in [0.29, 0.717) is 0 Å². The topological polar surface area (TPSA) is 9.72 Å². The summed E-state index contributed by atoms with van der Waals surface area (Å²) in [6.45, 7) is 28.7. The van der Waals surface area contributed by atoms with Gasteiger partial charge in [-0.25, -0.2) is 0 Å². The number of hydrogen-bond acceptors (Lipinski definition) is 3. The van der Waals surface area contributed by atoms with Crippen LogP contribution in [0, 0.1) is 13.8 Å². The molecule has 0 radical (unpaired) electrons. The van der Waals surface area contributed by atoms with Gasteiger partial charge >= 0.3 is 0 Å². The minimum absolute atomic E-state index is 0.0607. The van der Waals surface area contributed by atoms with Crippen molar-refractivity contribution in [3.63, 3.8) is 0 Å². The molecule has 476 valence electrons. The Kier molecular flexibility index (Phi) is 12.9. The highest BCUT2D eigenvalue weighted by atomic mass is 15.2. The van der Waals surface area contributed by atoms with E-state index in [9.17, 15) is 0 Å². The number of benzene rings is 13. The van der Waals surface area contributed by atoms with Crippen molar-refractivity contribution in [3.05, 3.63) is 340 Å². The van der Waals surface area contributed by atoms with E-state index >= 15 is 0 Å². The average molecular weight is 1260 g/mol. The lowest BCUT2D eigenvalue weighted by atomic mass is 9.60. The van der Waals surface area contributed by atoms with Crippen LogP contribution in [-0.2, 0) is 27.1 Å². The van der Waals surface area contributed by atoms with Gasteiger partial charge in [-0.1, -0.05) is 245 Å². The molecule has 0 atom stereocenters. The van der Waals surface area contributed by atoms with Gasteiger partial charge < -0.3 is 14.7 Å². The molecule has 0 saturated heterocycles. The van der Waals surface area contributed by atoms with Gasteiger partial charge in [-0.15, -0.1) is 0 Å². The molecule has 13 aromatic rings. The molecule has 0 saturated carbocycles. The van der Waals surface area contributed by atoms with Gasteiger partial charge in [-0.2, -0.15) is 0 Å². The monoisotopic (exact) mass is 1260 g/mol. The minimum Gasteiger partial charge on any atom is -0.310 e. The minimum atomic E-state index is -0.365. The van der Waals surface area contributed by atoms with Gasteiger partial charge in [-0.3, -0.25) is 0 Å². The highest BCUT2D eigenvalue weighted by Crippen LogP contribution is 2.67. The highest BCUT2D eigenvalue weighted by Gasteiger charge is 2.52. The Morgan fingerprint density at radius 2 is 0.469 bits per heavy atom. The first-order valence-corrected chi connectivity index (χ1v) is 35.1. The molecule has 0 aromatic heterocycles. The normalized spacial score (nSPS) is 15.7. The Labute approximate surface area is 579 Å². The molecule has 5 aliphatic rings. The van der Waals surface area contributed by atoms with Gasteiger partial charge in [0, 0.05) is 61.2 Å². The number of para-hydroxylation sites is 3. The fourth-order valence-electron chi connectivity index (χ4n) is 18.0. The largest absolute Gasteiger partial charge is 0.310 e. The number of nitrogens with zero attached hydrogens (tertiary/aromatic N) is 3. The van der Waals surface area contributed by atoms with Gasteiger partial charge in [-0.05, 0) is 244 Å². The van der Waals surface area contributed by atoms with Crippen LogP contribution in [0.25, 0.3) is 66.8 Å². The second-order valence-corrected chi connectivity index (χ2v) is 31.0. The summed E-state index contributed by atoms with van der Waals surface area (Å²) in [5.74, 6) is 0. The molecule has 0 fully saturated rings. The van der Waals surface area contributed by atoms with E-state index in [1.165, 1.54) is 151 Å². The second-order valence-electron chi connectivity index (χ2n) is 31.0. The van der Waals surface area contributed by atoms with Crippen molar-refractivity contribution < 1.29 is 0 Å². The lowest BCUT2D eigenvalue weighted by Crippen LogP contribution is -2.43. The van der Waals surface area contributed by atoms with E-state index in [0.717, 1.165) is 34.1 Å². The lowest BCUT2D eigenvalue weighted by Gasteiger charge is -2.55. The van der Waals surface area contributed by atoms with Gasteiger partial charge in [0.15, 0.2) is 0 Å². The van der Waals surface area contributed by atoms with Crippen LogP contribution in [0.15, 0.2) is 273 Å². The van der Waals surface area contributed by atoms with Gasteiger partial charge in [0.05, 0.1) is 17.1 Å². The summed E-state index contributed by atoms with van der Waals surface area (Å²) in [7, 11) is 0. The predicted octanol–water partition coefficient (Wildman–Crippen LogP) is 25.9. The quantitative estimate of drug-likeness (QED) is 0.135. The van der Waals surface area contributed by atoms with Gasteiger partial charge in [0.2, 0.25) is 0 Å². The Morgan fingerprint density at radius 1 is 0.214 bits per heavy atom. The Hall–Kier alpha value is -10.7. The number of aryl methyl sites for hydroxylation is 2. The first-order valence-electron chi connectivity index (χ1n) is 35.1. The van der Waals surface area contributed by atoms with Crippen molar-refractivity contribution in [2.45, 2.75) is 110 Å². The second kappa shape index (κ2) is 21.1. The molecule has 0 unspecified atom stereocenters. The summed E-state index contributed by atoms with van der Waals surface area (Å²) >= 11 is 0. The number of fused-ring (bicyclic) bond motifs is 6. The molecular formula is C95H81N3. The molecule has 3 nitrogen and oxygen atoms in total. The maximum absolute atomic E-state index is 2.70. The molecule has 18 rings (SSSR count). The molecule has 0 spiro atoms.